The lowest BCUT2D eigenvalue weighted by Crippen LogP contribution is -2.46. The van der Waals surface area contributed by atoms with Gasteiger partial charge in [0.15, 0.2) is 21.9 Å². The average Bonchev–Trinajstić information content (AvgIpc) is 3.19. The number of carbonyl (C=O) groups is 3. The molecule has 0 aliphatic carbocycles. The molecule has 168 valence electrons. The number of rotatable bonds is 10. The Morgan fingerprint density at radius 3 is 2.03 bits per heavy atom. The van der Waals surface area contributed by atoms with Gasteiger partial charge in [0, 0.05) is 5.56 Å². The van der Waals surface area contributed by atoms with Crippen molar-refractivity contribution in [1.82, 2.24) is 16.2 Å². The first kappa shape index (κ1) is 24.1. The van der Waals surface area contributed by atoms with Crippen molar-refractivity contribution in [1.29, 1.82) is 0 Å². The van der Waals surface area contributed by atoms with E-state index in [1.54, 1.807) is 19.9 Å². The minimum Gasteiger partial charge on any atom is -0.490 e. The molecule has 0 aliphatic rings. The van der Waals surface area contributed by atoms with Crippen molar-refractivity contribution < 1.29 is 33.0 Å². The maximum atomic E-state index is 12.5. The number of halogens is 1. The maximum Gasteiger partial charge on any atom is 0.287 e. The predicted molar refractivity (Wildman–Crippen MR) is 114 cm³/mol. The molecule has 1 aromatic carbocycles. The molecule has 2 rings (SSSR count). The predicted octanol–water partition coefficient (Wildman–Crippen LogP) is 2.43. The second-order valence-corrected chi connectivity index (χ2v) is 6.67. The van der Waals surface area contributed by atoms with Gasteiger partial charge in [0.05, 0.1) is 26.4 Å². The summed E-state index contributed by atoms with van der Waals surface area (Å²) in [4.78, 5) is 36.3. The number of furan rings is 1. The highest BCUT2D eigenvalue weighted by atomic mass is 79.9. The standard InChI is InChI=1S/C20H24BrN3O7/c1-4-28-14-9-12(10-15(29-5-2)18(14)30-6-3)19(26)24-23-17(25)11-22-20(27)13-7-8-16(21)31-13/h7-10H,4-6,11H2,1-3H3,(H,22,27)(H,23,25)(H,24,26). The summed E-state index contributed by atoms with van der Waals surface area (Å²) < 4.78 is 22.2. The van der Waals surface area contributed by atoms with Crippen molar-refractivity contribution >= 4 is 33.7 Å². The van der Waals surface area contributed by atoms with Gasteiger partial charge in [0.2, 0.25) is 5.75 Å². The smallest absolute Gasteiger partial charge is 0.287 e. The Balaban J connectivity index is 2.00. The number of ether oxygens (including phenoxy) is 3. The molecular weight excluding hydrogens is 474 g/mol. The molecule has 2 aromatic rings. The van der Waals surface area contributed by atoms with E-state index in [-0.39, 0.29) is 17.9 Å². The highest BCUT2D eigenvalue weighted by Crippen LogP contribution is 2.39. The normalized spacial score (nSPS) is 10.2. The zero-order valence-corrected chi connectivity index (χ0v) is 19.0. The molecule has 31 heavy (non-hydrogen) atoms. The minimum absolute atomic E-state index is 0.0463. The quantitative estimate of drug-likeness (QED) is 0.430. The van der Waals surface area contributed by atoms with Gasteiger partial charge >= 0.3 is 0 Å². The molecular formula is C20H24BrN3O7. The van der Waals surface area contributed by atoms with Crippen molar-refractivity contribution in [3.05, 3.63) is 40.3 Å². The molecule has 10 nitrogen and oxygen atoms in total. The summed E-state index contributed by atoms with van der Waals surface area (Å²) in [5, 5.41) is 2.38. The van der Waals surface area contributed by atoms with Crippen molar-refractivity contribution in [3.8, 4) is 17.2 Å². The fourth-order valence-electron chi connectivity index (χ4n) is 2.45. The zero-order chi connectivity index (χ0) is 22.8. The molecule has 0 fully saturated rings. The number of benzene rings is 1. The van der Waals surface area contributed by atoms with Crippen LogP contribution in [0.1, 0.15) is 41.7 Å². The third-order valence-corrected chi connectivity index (χ3v) is 4.12. The second-order valence-electron chi connectivity index (χ2n) is 5.89. The van der Waals surface area contributed by atoms with Crippen LogP contribution in [0.2, 0.25) is 0 Å². The molecule has 0 spiro atoms. The van der Waals surface area contributed by atoms with E-state index in [2.05, 4.69) is 32.1 Å². The van der Waals surface area contributed by atoms with Crippen molar-refractivity contribution in [2.45, 2.75) is 20.8 Å². The molecule has 0 unspecified atom stereocenters. The number of amides is 3. The number of hydrogen-bond acceptors (Lipinski definition) is 7. The minimum atomic E-state index is -0.631. The SMILES string of the molecule is CCOc1cc(C(=O)NNC(=O)CNC(=O)c2ccc(Br)o2)cc(OCC)c1OCC. The zero-order valence-electron chi connectivity index (χ0n) is 17.4. The summed E-state index contributed by atoms with van der Waals surface area (Å²) in [5.41, 5.74) is 4.71. The van der Waals surface area contributed by atoms with E-state index < -0.39 is 17.7 Å². The Bertz CT molecular complexity index is 902. The van der Waals surface area contributed by atoms with Gasteiger partial charge in [0.25, 0.3) is 17.7 Å². The van der Waals surface area contributed by atoms with Crippen LogP contribution in [-0.2, 0) is 4.79 Å². The Kier molecular flexibility index (Phi) is 9.19. The molecule has 0 radical (unpaired) electrons. The van der Waals surface area contributed by atoms with Crippen LogP contribution in [0.4, 0.5) is 0 Å². The highest BCUT2D eigenvalue weighted by molar-refractivity contribution is 9.10. The first-order chi connectivity index (χ1) is 14.9. The van der Waals surface area contributed by atoms with E-state index in [1.165, 1.54) is 18.2 Å². The monoisotopic (exact) mass is 497 g/mol. The average molecular weight is 498 g/mol. The lowest BCUT2D eigenvalue weighted by molar-refractivity contribution is -0.120. The fraction of sp³-hybridized carbons (Fsp3) is 0.350. The third kappa shape index (κ3) is 6.92. The van der Waals surface area contributed by atoms with Crippen LogP contribution in [0.15, 0.2) is 33.4 Å². The van der Waals surface area contributed by atoms with E-state index >= 15 is 0 Å². The molecule has 11 heteroatoms. The van der Waals surface area contributed by atoms with Crippen LogP contribution in [-0.4, -0.2) is 44.1 Å². The highest BCUT2D eigenvalue weighted by Gasteiger charge is 2.19. The van der Waals surface area contributed by atoms with Crippen molar-refractivity contribution in [2.24, 2.45) is 0 Å². The Labute approximate surface area is 187 Å². The molecule has 0 aliphatic heterocycles. The largest absolute Gasteiger partial charge is 0.490 e. The molecule has 0 saturated heterocycles. The Morgan fingerprint density at radius 1 is 0.903 bits per heavy atom. The number of nitrogens with one attached hydrogen (secondary N) is 3. The van der Waals surface area contributed by atoms with Crippen molar-refractivity contribution in [2.75, 3.05) is 26.4 Å². The van der Waals surface area contributed by atoms with Gasteiger partial charge in [-0.15, -0.1) is 0 Å². The summed E-state index contributed by atoms with van der Waals surface area (Å²) >= 11 is 3.09. The fourth-order valence-corrected chi connectivity index (χ4v) is 2.75. The molecule has 0 atom stereocenters. The summed E-state index contributed by atoms with van der Waals surface area (Å²) in [5.74, 6) is -0.648. The Morgan fingerprint density at radius 2 is 1.52 bits per heavy atom. The van der Waals surface area contributed by atoms with Gasteiger partial charge in [0.1, 0.15) is 0 Å². The summed E-state index contributed by atoms with van der Waals surface area (Å²) in [6, 6.07) is 6.00. The van der Waals surface area contributed by atoms with E-state index in [1.807, 2.05) is 6.92 Å². The summed E-state index contributed by atoms with van der Waals surface area (Å²) in [6.45, 7) is 6.18. The first-order valence-electron chi connectivity index (χ1n) is 9.58. The van der Waals surface area contributed by atoms with Gasteiger partial charge in [-0.05, 0) is 61.0 Å². The molecule has 0 bridgehead atoms. The molecule has 0 saturated carbocycles. The van der Waals surface area contributed by atoms with Gasteiger partial charge < -0.3 is 23.9 Å². The molecule has 1 heterocycles. The Hall–Kier alpha value is -3.21. The van der Waals surface area contributed by atoms with E-state index in [9.17, 15) is 14.4 Å². The van der Waals surface area contributed by atoms with Crippen LogP contribution in [0.25, 0.3) is 0 Å². The van der Waals surface area contributed by atoms with Crippen LogP contribution < -0.4 is 30.4 Å². The number of hydrazine groups is 1. The maximum absolute atomic E-state index is 12.5. The lowest BCUT2D eigenvalue weighted by Gasteiger charge is -2.17. The number of carbonyl (C=O) groups excluding carboxylic acids is 3. The van der Waals surface area contributed by atoms with Gasteiger partial charge in [-0.25, -0.2) is 0 Å². The van der Waals surface area contributed by atoms with Gasteiger partial charge in [-0.1, -0.05) is 0 Å². The van der Waals surface area contributed by atoms with E-state index in [0.29, 0.717) is 41.7 Å². The van der Waals surface area contributed by atoms with Crippen LogP contribution in [0, 0.1) is 0 Å². The molecule has 1 aromatic heterocycles. The van der Waals surface area contributed by atoms with E-state index in [0.717, 1.165) is 0 Å². The van der Waals surface area contributed by atoms with Crippen LogP contribution >= 0.6 is 15.9 Å². The topological polar surface area (TPSA) is 128 Å². The molecule has 3 N–H and O–H groups in total. The van der Waals surface area contributed by atoms with Gasteiger partial charge in [-0.2, -0.15) is 0 Å². The lowest BCUT2D eigenvalue weighted by atomic mass is 10.1. The number of hydrogen-bond donors (Lipinski definition) is 3. The summed E-state index contributed by atoms with van der Waals surface area (Å²) in [7, 11) is 0. The first-order valence-corrected chi connectivity index (χ1v) is 10.4. The van der Waals surface area contributed by atoms with Gasteiger partial charge in [-0.3, -0.25) is 25.2 Å². The van der Waals surface area contributed by atoms with Crippen molar-refractivity contribution in [3.63, 3.8) is 0 Å². The molecule has 3 amide bonds. The third-order valence-electron chi connectivity index (χ3n) is 3.69. The van der Waals surface area contributed by atoms with E-state index in [4.69, 9.17) is 18.6 Å². The van der Waals surface area contributed by atoms with Crippen LogP contribution in [0.5, 0.6) is 17.2 Å². The van der Waals surface area contributed by atoms with Crippen LogP contribution in [0.3, 0.4) is 0 Å². The summed E-state index contributed by atoms with van der Waals surface area (Å²) in [6.07, 6.45) is 0. The second kappa shape index (κ2) is 11.8.